The molecule has 6 nitrogen and oxygen atoms in total. The second kappa shape index (κ2) is 10.3. The van der Waals surface area contributed by atoms with Crippen molar-refractivity contribution in [3.8, 4) is 5.75 Å². The predicted octanol–water partition coefficient (Wildman–Crippen LogP) is 3.68. The summed E-state index contributed by atoms with van der Waals surface area (Å²) in [6, 6.07) is 9.80. The molecule has 0 saturated carbocycles. The molecule has 0 unspecified atom stereocenters. The second-order valence-corrected chi connectivity index (χ2v) is 7.92. The van der Waals surface area contributed by atoms with Crippen LogP contribution in [0.2, 0.25) is 0 Å². The quantitative estimate of drug-likeness (QED) is 0.633. The Morgan fingerprint density at radius 2 is 1.82 bits per heavy atom. The lowest BCUT2D eigenvalue weighted by atomic mass is 9.87. The zero-order chi connectivity index (χ0) is 20.6. The fourth-order valence-electron chi connectivity index (χ4n) is 2.88. The lowest BCUT2D eigenvalue weighted by molar-refractivity contribution is 0.0944. The Morgan fingerprint density at radius 3 is 2.43 bits per heavy atom. The maximum Gasteiger partial charge on any atom is 0.271 e. The minimum absolute atomic E-state index is 0.119. The van der Waals surface area contributed by atoms with Crippen molar-refractivity contribution < 1.29 is 9.53 Å². The third kappa shape index (κ3) is 6.68. The predicted molar refractivity (Wildman–Crippen MR) is 113 cm³/mol. The molecule has 0 radical (unpaired) electrons. The summed E-state index contributed by atoms with van der Waals surface area (Å²) in [5, 5.41) is 7.23. The van der Waals surface area contributed by atoms with E-state index in [2.05, 4.69) is 62.1 Å². The number of aromatic nitrogens is 2. The highest BCUT2D eigenvalue weighted by molar-refractivity contribution is 5.92. The van der Waals surface area contributed by atoms with Crippen LogP contribution in [0.1, 0.15) is 57.1 Å². The topological polar surface area (TPSA) is 59.4 Å². The largest absolute Gasteiger partial charge is 0.471 e. The lowest BCUT2D eigenvalue weighted by Gasteiger charge is -2.19. The van der Waals surface area contributed by atoms with Crippen molar-refractivity contribution >= 4 is 5.91 Å². The van der Waals surface area contributed by atoms with Crippen LogP contribution >= 0.6 is 0 Å². The maximum atomic E-state index is 12.2. The van der Waals surface area contributed by atoms with Gasteiger partial charge in [-0.15, -0.1) is 0 Å². The van der Waals surface area contributed by atoms with Crippen molar-refractivity contribution in [3.05, 3.63) is 47.8 Å². The number of carbonyl (C=O) groups excluding carboxylic acids is 1. The van der Waals surface area contributed by atoms with Crippen LogP contribution in [0.5, 0.6) is 5.75 Å². The van der Waals surface area contributed by atoms with Crippen LogP contribution in [0.15, 0.2) is 36.5 Å². The number of hydrogen-bond acceptors (Lipinski definition) is 4. The lowest BCUT2D eigenvalue weighted by Crippen LogP contribution is -2.30. The van der Waals surface area contributed by atoms with Crippen LogP contribution in [0.4, 0.5) is 0 Å². The summed E-state index contributed by atoms with van der Waals surface area (Å²) in [7, 11) is 0. The Bertz CT molecular complexity index is 728. The highest BCUT2D eigenvalue weighted by atomic mass is 16.5. The normalized spacial score (nSPS) is 11.6. The molecule has 0 aliphatic heterocycles. The van der Waals surface area contributed by atoms with E-state index in [4.69, 9.17) is 4.74 Å². The highest BCUT2D eigenvalue weighted by Crippen LogP contribution is 2.24. The van der Waals surface area contributed by atoms with E-state index in [0.717, 1.165) is 31.8 Å². The van der Waals surface area contributed by atoms with Crippen molar-refractivity contribution in [3.63, 3.8) is 0 Å². The summed E-state index contributed by atoms with van der Waals surface area (Å²) in [6.07, 6.45) is 2.69. The Balaban J connectivity index is 1.78. The Hall–Kier alpha value is -2.34. The van der Waals surface area contributed by atoms with Crippen molar-refractivity contribution in [1.82, 2.24) is 20.0 Å². The summed E-state index contributed by atoms with van der Waals surface area (Å²) < 4.78 is 7.39. The fraction of sp³-hybridized carbons (Fsp3) is 0.545. The number of benzene rings is 1. The molecule has 1 N–H and O–H groups in total. The molecular weight excluding hydrogens is 352 g/mol. The minimum atomic E-state index is -0.146. The third-order valence-corrected chi connectivity index (χ3v) is 4.79. The van der Waals surface area contributed by atoms with Gasteiger partial charge in [-0.1, -0.05) is 46.8 Å². The van der Waals surface area contributed by atoms with Crippen molar-refractivity contribution in [2.24, 2.45) is 0 Å². The first kappa shape index (κ1) is 22.0. The van der Waals surface area contributed by atoms with E-state index in [-0.39, 0.29) is 18.1 Å². The van der Waals surface area contributed by atoms with Gasteiger partial charge in [-0.2, -0.15) is 5.10 Å². The van der Waals surface area contributed by atoms with E-state index in [0.29, 0.717) is 12.2 Å². The van der Waals surface area contributed by atoms with Crippen LogP contribution in [0, 0.1) is 0 Å². The summed E-state index contributed by atoms with van der Waals surface area (Å²) in [5.74, 6) is 0.638. The number of nitrogens with one attached hydrogen (secondary N) is 1. The molecule has 0 aliphatic carbocycles. The van der Waals surface area contributed by atoms with E-state index in [1.165, 1.54) is 5.56 Å². The minimum Gasteiger partial charge on any atom is -0.471 e. The van der Waals surface area contributed by atoms with Crippen LogP contribution in [0.25, 0.3) is 0 Å². The zero-order valence-corrected chi connectivity index (χ0v) is 17.9. The first-order chi connectivity index (χ1) is 13.3. The molecule has 1 amide bonds. The van der Waals surface area contributed by atoms with E-state index in [1.54, 1.807) is 16.9 Å². The zero-order valence-electron chi connectivity index (χ0n) is 17.9. The monoisotopic (exact) mass is 386 g/mol. The summed E-state index contributed by atoms with van der Waals surface area (Å²) in [4.78, 5) is 14.5. The van der Waals surface area contributed by atoms with Gasteiger partial charge < -0.3 is 15.0 Å². The summed E-state index contributed by atoms with van der Waals surface area (Å²) >= 11 is 0. The molecule has 0 fully saturated rings. The van der Waals surface area contributed by atoms with Crippen molar-refractivity contribution in [2.45, 2.75) is 53.2 Å². The molecule has 154 valence electrons. The van der Waals surface area contributed by atoms with Gasteiger partial charge in [-0.3, -0.25) is 4.79 Å². The average Bonchev–Trinajstić information content (AvgIpc) is 3.15. The van der Waals surface area contributed by atoms with E-state index >= 15 is 0 Å². The average molecular weight is 387 g/mol. The number of ether oxygens (including phenoxy) is 1. The molecule has 1 aromatic heterocycles. The molecule has 2 aromatic rings. The van der Waals surface area contributed by atoms with Crippen LogP contribution in [-0.2, 0) is 12.1 Å². The molecular formula is C22H34N4O2. The van der Waals surface area contributed by atoms with Gasteiger partial charge in [0, 0.05) is 12.7 Å². The SMILES string of the molecule is CCN(CC)CCCNC(=O)c1ccn(COc2ccc(C(C)(C)C)cc2)n1. The number of rotatable bonds is 10. The van der Waals surface area contributed by atoms with E-state index < -0.39 is 0 Å². The van der Waals surface area contributed by atoms with Gasteiger partial charge in [-0.25, -0.2) is 4.68 Å². The highest BCUT2D eigenvalue weighted by Gasteiger charge is 2.13. The van der Waals surface area contributed by atoms with Gasteiger partial charge in [0.25, 0.3) is 5.91 Å². The molecule has 28 heavy (non-hydrogen) atoms. The van der Waals surface area contributed by atoms with Gasteiger partial charge in [0.15, 0.2) is 6.73 Å². The van der Waals surface area contributed by atoms with Gasteiger partial charge in [0.05, 0.1) is 0 Å². The smallest absolute Gasteiger partial charge is 0.271 e. The van der Waals surface area contributed by atoms with Crippen molar-refractivity contribution in [2.75, 3.05) is 26.2 Å². The van der Waals surface area contributed by atoms with Gasteiger partial charge >= 0.3 is 0 Å². The summed E-state index contributed by atoms with van der Waals surface area (Å²) in [5.41, 5.74) is 1.79. The Morgan fingerprint density at radius 1 is 1.14 bits per heavy atom. The number of hydrogen-bond donors (Lipinski definition) is 1. The Labute approximate surface area is 168 Å². The summed E-state index contributed by atoms with van der Waals surface area (Å²) in [6.45, 7) is 14.8. The van der Waals surface area contributed by atoms with Crippen molar-refractivity contribution in [1.29, 1.82) is 0 Å². The van der Waals surface area contributed by atoms with Gasteiger partial charge in [0.1, 0.15) is 11.4 Å². The molecule has 1 aromatic carbocycles. The van der Waals surface area contributed by atoms with Gasteiger partial charge in [-0.05, 0) is 55.2 Å². The van der Waals surface area contributed by atoms with E-state index in [1.807, 2.05) is 12.1 Å². The van der Waals surface area contributed by atoms with Crippen LogP contribution < -0.4 is 10.1 Å². The van der Waals surface area contributed by atoms with E-state index in [9.17, 15) is 4.79 Å². The van der Waals surface area contributed by atoms with Gasteiger partial charge in [0.2, 0.25) is 0 Å². The molecule has 1 heterocycles. The fourth-order valence-corrected chi connectivity index (χ4v) is 2.88. The second-order valence-electron chi connectivity index (χ2n) is 7.92. The standard InChI is InChI=1S/C22H34N4O2/c1-6-25(7-2)15-8-14-23-21(27)20-13-16-26(24-20)17-28-19-11-9-18(10-12-19)22(3,4)5/h9-13,16H,6-8,14-15,17H2,1-5H3,(H,23,27). The van der Waals surface area contributed by atoms with Crippen LogP contribution in [-0.4, -0.2) is 46.8 Å². The third-order valence-electron chi connectivity index (χ3n) is 4.79. The molecule has 0 aliphatic rings. The first-order valence-corrected chi connectivity index (χ1v) is 10.1. The molecule has 0 spiro atoms. The Kier molecular flexibility index (Phi) is 8.05. The maximum absolute atomic E-state index is 12.2. The molecule has 0 bridgehead atoms. The number of nitrogens with zero attached hydrogens (tertiary/aromatic N) is 3. The van der Waals surface area contributed by atoms with Crippen LogP contribution in [0.3, 0.4) is 0 Å². The molecule has 0 atom stereocenters. The molecule has 6 heteroatoms. The molecule has 0 saturated heterocycles. The number of amides is 1. The first-order valence-electron chi connectivity index (χ1n) is 10.1. The number of carbonyl (C=O) groups is 1. The molecule has 2 rings (SSSR count).